The van der Waals surface area contributed by atoms with Gasteiger partial charge in [0, 0.05) is 17.5 Å². The van der Waals surface area contributed by atoms with E-state index in [0.29, 0.717) is 5.25 Å². The molecule has 2 atom stereocenters. The van der Waals surface area contributed by atoms with Gasteiger partial charge < -0.3 is 5.32 Å². The van der Waals surface area contributed by atoms with Crippen molar-refractivity contribution >= 4 is 17.7 Å². The highest BCUT2D eigenvalue weighted by atomic mass is 32.2. The van der Waals surface area contributed by atoms with E-state index in [-0.39, 0.29) is 11.6 Å². The average Bonchev–Trinajstić information content (AvgIpc) is 2.79. The fraction of sp³-hybridized carbons (Fsp3) is 0.500. The number of carbonyl (C=O) groups is 1. The van der Waals surface area contributed by atoms with Crippen LogP contribution in [0.4, 0.5) is 8.78 Å². The summed E-state index contributed by atoms with van der Waals surface area (Å²) < 4.78 is 26.3. The first-order valence-corrected chi connectivity index (χ1v) is 7.06. The van der Waals surface area contributed by atoms with Gasteiger partial charge in [0.05, 0.1) is 5.56 Å². The van der Waals surface area contributed by atoms with Crippen LogP contribution in [0.25, 0.3) is 0 Å². The van der Waals surface area contributed by atoms with Crippen LogP contribution in [-0.4, -0.2) is 28.4 Å². The minimum Gasteiger partial charge on any atom is -0.348 e. The number of halogens is 2. The number of nitrogens with one attached hydrogen (secondary N) is 1. The van der Waals surface area contributed by atoms with Crippen LogP contribution in [-0.2, 0) is 0 Å². The van der Waals surface area contributed by atoms with Crippen LogP contribution in [0.5, 0.6) is 0 Å². The molecule has 1 heterocycles. The molecular weight excluding hydrogens is 258 g/mol. The molecule has 98 valence electrons. The first-order valence-electron chi connectivity index (χ1n) is 5.77. The molecule has 1 aromatic rings. The van der Waals surface area contributed by atoms with Gasteiger partial charge in [-0.2, -0.15) is 16.2 Å². The summed E-state index contributed by atoms with van der Waals surface area (Å²) in [5.41, 5.74) is -0.283. The molecule has 0 bridgehead atoms. The van der Waals surface area contributed by atoms with Gasteiger partial charge in [-0.1, -0.05) is 6.42 Å². The van der Waals surface area contributed by atoms with Crippen LogP contribution in [0.1, 0.15) is 29.6 Å². The number of pyridine rings is 1. The smallest absolute Gasteiger partial charge is 0.254 e. The summed E-state index contributed by atoms with van der Waals surface area (Å²) in [6, 6.07) is 1.22. The Hall–Kier alpha value is -1.17. The molecule has 1 N–H and O–H groups in total. The maximum Gasteiger partial charge on any atom is 0.254 e. The average molecular weight is 272 g/mol. The molecule has 1 aromatic heterocycles. The summed E-state index contributed by atoms with van der Waals surface area (Å²) in [5, 5.41) is 3.12. The van der Waals surface area contributed by atoms with Crippen LogP contribution in [0.2, 0.25) is 0 Å². The lowest BCUT2D eigenvalue weighted by Gasteiger charge is -2.19. The molecule has 1 aliphatic carbocycles. The third-order valence-corrected chi connectivity index (χ3v) is 4.33. The number of nitrogens with zero attached hydrogens (tertiary/aromatic N) is 1. The van der Waals surface area contributed by atoms with Crippen molar-refractivity contribution in [2.75, 3.05) is 6.26 Å². The third-order valence-electron chi connectivity index (χ3n) is 3.16. The van der Waals surface area contributed by atoms with Gasteiger partial charge in [-0.15, -0.1) is 0 Å². The first-order chi connectivity index (χ1) is 8.63. The predicted octanol–water partition coefficient (Wildman–Crippen LogP) is 2.37. The Morgan fingerprint density at radius 1 is 1.50 bits per heavy atom. The molecule has 1 amide bonds. The van der Waals surface area contributed by atoms with Crippen molar-refractivity contribution in [3.8, 4) is 0 Å². The highest BCUT2D eigenvalue weighted by molar-refractivity contribution is 7.99. The van der Waals surface area contributed by atoms with Gasteiger partial charge in [0.25, 0.3) is 5.91 Å². The van der Waals surface area contributed by atoms with Crippen molar-refractivity contribution < 1.29 is 13.6 Å². The minimum atomic E-state index is -1.24. The summed E-state index contributed by atoms with van der Waals surface area (Å²) in [5.74, 6) is -3.00. The van der Waals surface area contributed by atoms with E-state index in [4.69, 9.17) is 0 Å². The van der Waals surface area contributed by atoms with Gasteiger partial charge in [0.1, 0.15) is 0 Å². The Bertz CT molecular complexity index is 456. The van der Waals surface area contributed by atoms with Gasteiger partial charge in [-0.25, -0.2) is 9.37 Å². The van der Waals surface area contributed by atoms with E-state index in [9.17, 15) is 13.6 Å². The van der Waals surface area contributed by atoms with Gasteiger partial charge in [-0.05, 0) is 25.2 Å². The Balaban J connectivity index is 2.10. The molecule has 6 heteroatoms. The lowest BCUT2D eigenvalue weighted by molar-refractivity contribution is 0.0933. The molecule has 0 radical (unpaired) electrons. The second-order valence-electron chi connectivity index (χ2n) is 4.25. The Labute approximate surface area is 108 Å². The predicted molar refractivity (Wildman–Crippen MR) is 66.6 cm³/mol. The zero-order chi connectivity index (χ0) is 13.1. The van der Waals surface area contributed by atoms with Gasteiger partial charge in [0.15, 0.2) is 5.82 Å². The van der Waals surface area contributed by atoms with E-state index in [1.54, 1.807) is 11.8 Å². The highest BCUT2D eigenvalue weighted by Gasteiger charge is 2.29. The molecule has 2 rings (SSSR count). The van der Waals surface area contributed by atoms with E-state index in [2.05, 4.69) is 10.3 Å². The summed E-state index contributed by atoms with van der Waals surface area (Å²) >= 11 is 1.69. The first kappa shape index (κ1) is 13.3. The number of hydrogen-bond acceptors (Lipinski definition) is 3. The zero-order valence-electron chi connectivity index (χ0n) is 9.95. The largest absolute Gasteiger partial charge is 0.348 e. The van der Waals surface area contributed by atoms with Gasteiger partial charge >= 0.3 is 0 Å². The van der Waals surface area contributed by atoms with Crippen molar-refractivity contribution in [2.24, 2.45) is 0 Å². The second kappa shape index (κ2) is 5.65. The maximum atomic E-state index is 13.4. The zero-order valence-corrected chi connectivity index (χ0v) is 10.8. The van der Waals surface area contributed by atoms with Gasteiger partial charge in [-0.3, -0.25) is 4.79 Å². The normalized spacial score (nSPS) is 23.1. The van der Waals surface area contributed by atoms with E-state index in [1.807, 2.05) is 6.26 Å². The molecule has 0 aliphatic heterocycles. The van der Waals surface area contributed by atoms with E-state index >= 15 is 0 Å². The Morgan fingerprint density at radius 2 is 2.28 bits per heavy atom. The fourth-order valence-corrected chi connectivity index (χ4v) is 3.15. The molecule has 0 spiro atoms. The molecule has 1 fully saturated rings. The van der Waals surface area contributed by atoms with Crippen molar-refractivity contribution in [1.82, 2.24) is 10.3 Å². The topological polar surface area (TPSA) is 42.0 Å². The number of amides is 1. The number of carbonyl (C=O) groups excluding carboxylic acids is 1. The van der Waals surface area contributed by atoms with Crippen LogP contribution >= 0.6 is 11.8 Å². The van der Waals surface area contributed by atoms with Crippen molar-refractivity contribution in [3.63, 3.8) is 0 Å². The molecular formula is C12H14F2N2OS. The lowest BCUT2D eigenvalue weighted by Crippen LogP contribution is -2.39. The standard InChI is InChI=1S/C12H14F2N2OS/c1-18-9-4-2-3-8(9)16-12(17)7-5-6-15-11(14)10(7)13/h5-6,8-9H,2-4H2,1H3,(H,16,17). The summed E-state index contributed by atoms with van der Waals surface area (Å²) in [4.78, 5) is 15.0. The van der Waals surface area contributed by atoms with Crippen LogP contribution in [0.3, 0.4) is 0 Å². The number of thioether (sulfide) groups is 1. The SMILES string of the molecule is CSC1CCCC1NC(=O)c1ccnc(F)c1F. The van der Waals surface area contributed by atoms with Crippen LogP contribution in [0, 0.1) is 11.8 Å². The third kappa shape index (κ3) is 2.63. The molecule has 18 heavy (non-hydrogen) atoms. The molecule has 0 aromatic carbocycles. The van der Waals surface area contributed by atoms with Crippen LogP contribution in [0.15, 0.2) is 12.3 Å². The fourth-order valence-electron chi connectivity index (χ4n) is 2.21. The van der Waals surface area contributed by atoms with Gasteiger partial charge in [0.2, 0.25) is 5.95 Å². The van der Waals surface area contributed by atoms with Crippen molar-refractivity contribution in [3.05, 3.63) is 29.6 Å². The molecule has 3 nitrogen and oxygen atoms in total. The molecule has 1 saturated carbocycles. The quantitative estimate of drug-likeness (QED) is 0.859. The minimum absolute atomic E-state index is 0.0307. The van der Waals surface area contributed by atoms with Crippen molar-refractivity contribution in [1.29, 1.82) is 0 Å². The molecule has 2 unspecified atom stereocenters. The summed E-state index contributed by atoms with van der Waals surface area (Å²) in [6.45, 7) is 0. The van der Waals surface area contributed by atoms with E-state index in [1.165, 1.54) is 6.07 Å². The molecule has 1 aliphatic rings. The van der Waals surface area contributed by atoms with E-state index < -0.39 is 17.7 Å². The molecule has 0 saturated heterocycles. The monoisotopic (exact) mass is 272 g/mol. The number of aromatic nitrogens is 1. The second-order valence-corrected chi connectivity index (χ2v) is 5.33. The van der Waals surface area contributed by atoms with Crippen LogP contribution < -0.4 is 5.32 Å². The highest BCUT2D eigenvalue weighted by Crippen LogP contribution is 2.28. The van der Waals surface area contributed by atoms with E-state index in [0.717, 1.165) is 25.5 Å². The van der Waals surface area contributed by atoms with Crippen molar-refractivity contribution in [2.45, 2.75) is 30.6 Å². The lowest BCUT2D eigenvalue weighted by atomic mass is 10.2. The number of rotatable bonds is 3. The Kier molecular flexibility index (Phi) is 4.16. The summed E-state index contributed by atoms with van der Waals surface area (Å²) in [6.07, 6.45) is 6.05. The Morgan fingerprint density at radius 3 is 3.00 bits per heavy atom. The summed E-state index contributed by atoms with van der Waals surface area (Å²) in [7, 11) is 0. The maximum absolute atomic E-state index is 13.4. The number of hydrogen-bond donors (Lipinski definition) is 1.